The van der Waals surface area contributed by atoms with Crippen LogP contribution in [0.4, 0.5) is 11.4 Å². The van der Waals surface area contributed by atoms with Crippen molar-refractivity contribution in [1.29, 1.82) is 0 Å². The van der Waals surface area contributed by atoms with Gasteiger partial charge in [-0.05, 0) is 43.3 Å². The van der Waals surface area contributed by atoms with Crippen LogP contribution in [0.1, 0.15) is 27.9 Å². The number of aromatic carboxylic acids is 1. The third kappa shape index (κ3) is 4.41. The lowest BCUT2D eigenvalue weighted by Gasteiger charge is -2.08. The number of hydrogen-bond donors (Lipinski definition) is 3. The molecule has 0 saturated heterocycles. The lowest BCUT2D eigenvalue weighted by molar-refractivity contribution is -0.116. The normalized spacial score (nSPS) is 10.5. The summed E-state index contributed by atoms with van der Waals surface area (Å²) in [5, 5.41) is 22.4. The number of nitrogens with one attached hydrogen (secondary N) is 2. The number of aryl methyl sites for hydroxylation is 1. The predicted molar refractivity (Wildman–Crippen MR) is 100 cm³/mol. The van der Waals surface area contributed by atoms with Crippen LogP contribution >= 0.6 is 0 Å². The van der Waals surface area contributed by atoms with Gasteiger partial charge in [-0.15, -0.1) is 0 Å². The maximum absolute atomic E-state index is 12.2. The van der Waals surface area contributed by atoms with E-state index in [4.69, 9.17) is 5.11 Å². The minimum Gasteiger partial charge on any atom is -0.477 e. The molecule has 0 aliphatic carbocycles. The highest BCUT2D eigenvalue weighted by Gasteiger charge is 2.13. The molecule has 0 spiro atoms. The van der Waals surface area contributed by atoms with Crippen molar-refractivity contribution >= 4 is 29.2 Å². The number of nitrogens with zero attached hydrogens (tertiary/aromatic N) is 4. The Morgan fingerprint density at radius 3 is 2.32 bits per heavy atom. The van der Waals surface area contributed by atoms with Crippen molar-refractivity contribution in [2.45, 2.75) is 20.0 Å². The van der Waals surface area contributed by atoms with Crippen LogP contribution < -0.4 is 10.6 Å². The fourth-order valence-corrected chi connectivity index (χ4v) is 2.47. The minimum absolute atomic E-state index is 0.0706. The molecule has 2 aromatic heterocycles. The van der Waals surface area contributed by atoms with Gasteiger partial charge in [0, 0.05) is 30.3 Å². The number of carbonyl (C=O) groups is 3. The maximum atomic E-state index is 12.2. The molecule has 0 saturated carbocycles. The second-order valence-electron chi connectivity index (χ2n) is 5.82. The summed E-state index contributed by atoms with van der Waals surface area (Å²) in [4.78, 5) is 35.3. The molecule has 28 heavy (non-hydrogen) atoms. The van der Waals surface area contributed by atoms with E-state index in [2.05, 4.69) is 20.8 Å². The smallest absolute Gasteiger partial charge is 0.354 e. The van der Waals surface area contributed by atoms with Crippen LogP contribution in [0.25, 0.3) is 0 Å². The first-order valence-electron chi connectivity index (χ1n) is 8.46. The van der Waals surface area contributed by atoms with Crippen molar-refractivity contribution in [3.8, 4) is 0 Å². The highest BCUT2D eigenvalue weighted by atomic mass is 16.4. The molecule has 3 aromatic rings. The lowest BCUT2D eigenvalue weighted by Crippen LogP contribution is -2.22. The molecule has 0 aliphatic heterocycles. The van der Waals surface area contributed by atoms with Gasteiger partial charge in [0.05, 0.1) is 0 Å². The Morgan fingerprint density at radius 1 is 1.04 bits per heavy atom. The highest BCUT2D eigenvalue weighted by Crippen LogP contribution is 2.14. The third-order valence-corrected chi connectivity index (χ3v) is 3.85. The number of carboxylic acid groups (broad SMARTS) is 1. The lowest BCUT2D eigenvalue weighted by atomic mass is 10.2. The SMILES string of the molecule is CCn1ccc(C(=O)Nc2ccc(NC(=O)Cn3nccc3C(=O)O)cc2)n1. The molecule has 3 N–H and O–H groups in total. The molecule has 2 amide bonds. The first-order valence-corrected chi connectivity index (χ1v) is 8.46. The van der Waals surface area contributed by atoms with Crippen LogP contribution in [0.15, 0.2) is 48.8 Å². The standard InChI is InChI=1S/C18H18N6O4/c1-2-23-10-8-14(22-23)17(26)21-13-5-3-12(4-6-13)20-16(25)11-24-15(18(27)28)7-9-19-24/h3-10H,2,11H2,1H3,(H,20,25)(H,21,26)(H,27,28). The fourth-order valence-electron chi connectivity index (χ4n) is 2.47. The zero-order valence-electron chi connectivity index (χ0n) is 15.0. The number of amides is 2. The maximum Gasteiger partial charge on any atom is 0.354 e. The van der Waals surface area contributed by atoms with E-state index in [-0.39, 0.29) is 18.1 Å². The Bertz CT molecular complexity index is 1010. The van der Waals surface area contributed by atoms with Crippen LogP contribution in [0.5, 0.6) is 0 Å². The molecular formula is C18H18N6O4. The van der Waals surface area contributed by atoms with Gasteiger partial charge >= 0.3 is 5.97 Å². The van der Waals surface area contributed by atoms with E-state index < -0.39 is 11.9 Å². The first kappa shape index (κ1) is 18.8. The van der Waals surface area contributed by atoms with E-state index in [1.165, 1.54) is 12.3 Å². The topological polar surface area (TPSA) is 131 Å². The van der Waals surface area contributed by atoms with Crippen LogP contribution in [-0.4, -0.2) is 42.5 Å². The molecule has 0 aliphatic rings. The van der Waals surface area contributed by atoms with Crippen molar-refractivity contribution in [2.75, 3.05) is 10.6 Å². The Hall–Kier alpha value is -3.95. The fraction of sp³-hybridized carbons (Fsp3) is 0.167. The second-order valence-corrected chi connectivity index (χ2v) is 5.82. The zero-order valence-corrected chi connectivity index (χ0v) is 15.0. The predicted octanol–water partition coefficient (Wildman–Crippen LogP) is 1.69. The van der Waals surface area contributed by atoms with Crippen LogP contribution in [0.3, 0.4) is 0 Å². The minimum atomic E-state index is -1.16. The molecule has 10 nitrogen and oxygen atoms in total. The summed E-state index contributed by atoms with van der Waals surface area (Å²) >= 11 is 0. The number of anilines is 2. The summed E-state index contributed by atoms with van der Waals surface area (Å²) in [5.41, 5.74) is 1.29. The van der Waals surface area contributed by atoms with E-state index in [1.807, 2.05) is 6.92 Å². The van der Waals surface area contributed by atoms with Crippen molar-refractivity contribution in [3.63, 3.8) is 0 Å². The summed E-state index contributed by atoms with van der Waals surface area (Å²) < 4.78 is 2.75. The van der Waals surface area contributed by atoms with Crippen LogP contribution in [0.2, 0.25) is 0 Å². The van der Waals surface area contributed by atoms with Crippen molar-refractivity contribution in [1.82, 2.24) is 19.6 Å². The molecule has 0 fully saturated rings. The number of carboxylic acids is 1. The molecule has 0 atom stereocenters. The molecule has 10 heteroatoms. The van der Waals surface area contributed by atoms with Gasteiger partial charge in [-0.2, -0.15) is 10.2 Å². The molecular weight excluding hydrogens is 364 g/mol. The van der Waals surface area contributed by atoms with Gasteiger partial charge in [-0.3, -0.25) is 14.3 Å². The Morgan fingerprint density at radius 2 is 1.71 bits per heavy atom. The van der Waals surface area contributed by atoms with Gasteiger partial charge < -0.3 is 15.7 Å². The van der Waals surface area contributed by atoms with E-state index in [0.717, 1.165) is 4.68 Å². The molecule has 2 heterocycles. The molecule has 3 rings (SSSR count). The van der Waals surface area contributed by atoms with Gasteiger partial charge in [0.2, 0.25) is 5.91 Å². The van der Waals surface area contributed by atoms with Gasteiger partial charge in [-0.25, -0.2) is 9.48 Å². The monoisotopic (exact) mass is 382 g/mol. The first-order chi connectivity index (χ1) is 13.5. The van der Waals surface area contributed by atoms with Gasteiger partial charge in [-0.1, -0.05) is 0 Å². The summed E-state index contributed by atoms with van der Waals surface area (Å²) in [5.74, 6) is -1.91. The number of hydrogen-bond acceptors (Lipinski definition) is 5. The van der Waals surface area contributed by atoms with E-state index in [9.17, 15) is 14.4 Å². The number of carbonyl (C=O) groups excluding carboxylic acids is 2. The molecule has 0 radical (unpaired) electrons. The second kappa shape index (κ2) is 8.16. The van der Waals surface area contributed by atoms with Crippen LogP contribution in [0, 0.1) is 0 Å². The average molecular weight is 382 g/mol. The van der Waals surface area contributed by atoms with E-state index in [1.54, 1.807) is 41.2 Å². The summed E-state index contributed by atoms with van der Waals surface area (Å²) in [6.45, 7) is 2.37. The summed E-state index contributed by atoms with van der Waals surface area (Å²) in [7, 11) is 0. The third-order valence-electron chi connectivity index (χ3n) is 3.85. The molecule has 0 bridgehead atoms. The van der Waals surface area contributed by atoms with Crippen molar-refractivity contribution in [3.05, 3.63) is 60.2 Å². The number of rotatable bonds is 7. The Labute approximate surface area is 159 Å². The zero-order chi connectivity index (χ0) is 20.1. The summed E-state index contributed by atoms with van der Waals surface area (Å²) in [6.07, 6.45) is 3.04. The molecule has 0 unspecified atom stereocenters. The van der Waals surface area contributed by atoms with Crippen molar-refractivity contribution in [2.24, 2.45) is 0 Å². The van der Waals surface area contributed by atoms with Gasteiger partial charge in [0.25, 0.3) is 5.91 Å². The molecule has 1 aromatic carbocycles. The van der Waals surface area contributed by atoms with Gasteiger partial charge in [0.15, 0.2) is 5.69 Å². The Kier molecular flexibility index (Phi) is 5.49. The number of benzene rings is 1. The van der Waals surface area contributed by atoms with E-state index >= 15 is 0 Å². The average Bonchev–Trinajstić information content (AvgIpc) is 3.32. The quantitative estimate of drug-likeness (QED) is 0.570. The number of aromatic nitrogens is 4. The Balaban J connectivity index is 1.58. The highest BCUT2D eigenvalue weighted by molar-refractivity contribution is 6.03. The largest absolute Gasteiger partial charge is 0.477 e. The van der Waals surface area contributed by atoms with Gasteiger partial charge in [0.1, 0.15) is 12.2 Å². The molecule has 144 valence electrons. The summed E-state index contributed by atoms with van der Waals surface area (Å²) in [6, 6.07) is 9.48. The van der Waals surface area contributed by atoms with Crippen molar-refractivity contribution < 1.29 is 19.5 Å². The van der Waals surface area contributed by atoms with E-state index in [0.29, 0.717) is 23.6 Å². The van der Waals surface area contributed by atoms with Crippen LogP contribution in [-0.2, 0) is 17.9 Å².